The molecular formula is C12H17NO3. The van der Waals surface area contributed by atoms with E-state index in [1.54, 1.807) is 27.0 Å². The Morgan fingerprint density at radius 3 is 2.62 bits per heavy atom. The van der Waals surface area contributed by atoms with E-state index >= 15 is 0 Å². The zero-order valence-electron chi connectivity index (χ0n) is 10.0. The van der Waals surface area contributed by atoms with Gasteiger partial charge in [0.15, 0.2) is 5.78 Å². The maximum atomic E-state index is 11.8. The van der Waals surface area contributed by atoms with Crippen LogP contribution in [0.25, 0.3) is 0 Å². The van der Waals surface area contributed by atoms with Gasteiger partial charge in [0.05, 0.1) is 19.2 Å². The smallest absolute Gasteiger partial charge is 0.180 e. The molecule has 0 saturated carbocycles. The van der Waals surface area contributed by atoms with Crippen molar-refractivity contribution in [1.82, 2.24) is 5.32 Å². The van der Waals surface area contributed by atoms with Gasteiger partial charge in [-0.1, -0.05) is 0 Å². The van der Waals surface area contributed by atoms with Gasteiger partial charge < -0.3 is 15.2 Å². The Balaban J connectivity index is 3.30. The summed E-state index contributed by atoms with van der Waals surface area (Å²) in [5, 5.41) is 12.7. The van der Waals surface area contributed by atoms with Gasteiger partial charge in [-0.3, -0.25) is 4.79 Å². The Labute approximate surface area is 95.2 Å². The number of likely N-dealkylation sites (N-methyl/N-ethyl adjacent to an activating group) is 1. The van der Waals surface area contributed by atoms with Crippen molar-refractivity contribution in [2.45, 2.75) is 13.8 Å². The molecule has 88 valence electrons. The fraction of sp³-hybridized carbons (Fsp3) is 0.417. The third kappa shape index (κ3) is 2.17. The normalized spacial score (nSPS) is 10.2. The highest BCUT2D eigenvalue weighted by atomic mass is 16.5. The predicted octanol–water partition coefficient (Wildman–Crippen LogP) is 1.42. The number of phenolic OH excluding ortho intramolecular Hbond substituents is 1. The largest absolute Gasteiger partial charge is 0.507 e. The summed E-state index contributed by atoms with van der Waals surface area (Å²) in [5.41, 5.74) is 1.68. The fourth-order valence-corrected chi connectivity index (χ4v) is 1.68. The first kappa shape index (κ1) is 12.5. The minimum Gasteiger partial charge on any atom is -0.507 e. The quantitative estimate of drug-likeness (QED) is 0.758. The summed E-state index contributed by atoms with van der Waals surface area (Å²) in [5.74, 6) is 0.483. The number of methoxy groups -OCH3 is 1. The van der Waals surface area contributed by atoms with Crippen LogP contribution >= 0.6 is 0 Å². The highest BCUT2D eigenvalue weighted by molar-refractivity contribution is 6.02. The molecule has 0 amide bonds. The van der Waals surface area contributed by atoms with E-state index in [1.807, 2.05) is 0 Å². The van der Waals surface area contributed by atoms with Crippen LogP contribution in [0.5, 0.6) is 11.5 Å². The SMILES string of the molecule is CNCC(=O)c1c(C)cc(OC)c(C)c1O. The van der Waals surface area contributed by atoms with Gasteiger partial charge in [-0.25, -0.2) is 0 Å². The Hall–Kier alpha value is -1.55. The lowest BCUT2D eigenvalue weighted by Crippen LogP contribution is -2.19. The number of ether oxygens (including phenoxy) is 1. The van der Waals surface area contributed by atoms with E-state index in [-0.39, 0.29) is 18.1 Å². The highest BCUT2D eigenvalue weighted by Gasteiger charge is 2.18. The molecule has 4 heteroatoms. The molecule has 0 aliphatic rings. The molecule has 1 rings (SSSR count). The lowest BCUT2D eigenvalue weighted by Gasteiger charge is -2.13. The van der Waals surface area contributed by atoms with Crippen molar-refractivity contribution in [2.24, 2.45) is 0 Å². The number of aryl methyl sites for hydroxylation is 1. The Morgan fingerprint density at radius 1 is 1.50 bits per heavy atom. The molecule has 0 bridgehead atoms. The van der Waals surface area contributed by atoms with Crippen LogP contribution in [-0.4, -0.2) is 31.6 Å². The van der Waals surface area contributed by atoms with Crippen LogP contribution in [0.15, 0.2) is 6.07 Å². The van der Waals surface area contributed by atoms with Crippen molar-refractivity contribution in [1.29, 1.82) is 0 Å². The van der Waals surface area contributed by atoms with Gasteiger partial charge in [-0.2, -0.15) is 0 Å². The van der Waals surface area contributed by atoms with Crippen molar-refractivity contribution >= 4 is 5.78 Å². The number of carbonyl (C=O) groups excluding carboxylic acids is 1. The molecule has 0 unspecified atom stereocenters. The zero-order chi connectivity index (χ0) is 12.3. The Morgan fingerprint density at radius 2 is 2.12 bits per heavy atom. The van der Waals surface area contributed by atoms with Crippen LogP contribution in [0.2, 0.25) is 0 Å². The molecule has 0 atom stereocenters. The lowest BCUT2D eigenvalue weighted by atomic mass is 9.99. The zero-order valence-corrected chi connectivity index (χ0v) is 10.0. The molecular weight excluding hydrogens is 206 g/mol. The number of carbonyl (C=O) groups is 1. The van der Waals surface area contributed by atoms with E-state index in [9.17, 15) is 9.90 Å². The number of hydrogen-bond acceptors (Lipinski definition) is 4. The maximum Gasteiger partial charge on any atom is 0.180 e. The summed E-state index contributed by atoms with van der Waals surface area (Å²) < 4.78 is 5.11. The van der Waals surface area contributed by atoms with Gasteiger partial charge in [0.25, 0.3) is 0 Å². The second-order valence-electron chi connectivity index (χ2n) is 3.70. The van der Waals surface area contributed by atoms with E-state index in [0.717, 1.165) is 5.56 Å². The summed E-state index contributed by atoms with van der Waals surface area (Å²) >= 11 is 0. The second kappa shape index (κ2) is 4.99. The van der Waals surface area contributed by atoms with Gasteiger partial charge in [0, 0.05) is 5.56 Å². The van der Waals surface area contributed by atoms with Crippen molar-refractivity contribution in [3.05, 3.63) is 22.8 Å². The van der Waals surface area contributed by atoms with E-state index in [2.05, 4.69) is 5.32 Å². The van der Waals surface area contributed by atoms with Crippen molar-refractivity contribution < 1.29 is 14.6 Å². The van der Waals surface area contributed by atoms with Crippen molar-refractivity contribution in [3.63, 3.8) is 0 Å². The number of benzene rings is 1. The van der Waals surface area contributed by atoms with Gasteiger partial charge in [0.1, 0.15) is 11.5 Å². The first-order valence-electron chi connectivity index (χ1n) is 5.07. The van der Waals surface area contributed by atoms with Gasteiger partial charge >= 0.3 is 0 Å². The standard InChI is InChI=1S/C12H17NO3/c1-7-5-10(16-4)8(2)12(15)11(7)9(14)6-13-3/h5,13,15H,6H2,1-4H3. The first-order chi connectivity index (χ1) is 7.52. The number of phenols is 1. The second-order valence-corrected chi connectivity index (χ2v) is 3.70. The minimum atomic E-state index is -0.122. The molecule has 0 aromatic heterocycles. The summed E-state index contributed by atoms with van der Waals surface area (Å²) in [6.07, 6.45) is 0. The van der Waals surface area contributed by atoms with Gasteiger partial charge in [-0.15, -0.1) is 0 Å². The monoisotopic (exact) mass is 223 g/mol. The molecule has 16 heavy (non-hydrogen) atoms. The summed E-state index contributed by atoms with van der Waals surface area (Å²) in [6.45, 7) is 3.72. The molecule has 0 radical (unpaired) electrons. The lowest BCUT2D eigenvalue weighted by molar-refractivity contribution is 0.0990. The number of Topliss-reactive ketones (excluding diaryl/α,β-unsaturated/α-hetero) is 1. The predicted molar refractivity (Wildman–Crippen MR) is 62.4 cm³/mol. The maximum absolute atomic E-state index is 11.8. The van der Waals surface area contributed by atoms with Crippen LogP contribution in [0.1, 0.15) is 21.5 Å². The minimum absolute atomic E-state index is 0.0112. The molecule has 1 aromatic rings. The molecule has 0 heterocycles. The molecule has 0 aliphatic heterocycles. The first-order valence-corrected chi connectivity index (χ1v) is 5.07. The van der Waals surface area contributed by atoms with E-state index in [1.165, 1.54) is 7.11 Å². The van der Waals surface area contributed by atoms with Crippen molar-refractivity contribution in [2.75, 3.05) is 20.7 Å². The summed E-state index contributed by atoms with van der Waals surface area (Å²) in [4.78, 5) is 11.8. The summed E-state index contributed by atoms with van der Waals surface area (Å²) in [7, 11) is 3.23. The average molecular weight is 223 g/mol. The summed E-state index contributed by atoms with van der Waals surface area (Å²) in [6, 6.07) is 1.76. The third-order valence-corrected chi connectivity index (χ3v) is 2.54. The molecule has 0 fully saturated rings. The van der Waals surface area contributed by atoms with Crippen LogP contribution < -0.4 is 10.1 Å². The van der Waals surface area contributed by atoms with Crippen LogP contribution in [0, 0.1) is 13.8 Å². The van der Waals surface area contributed by atoms with Gasteiger partial charge in [-0.05, 0) is 32.5 Å². The number of rotatable bonds is 4. The molecule has 2 N–H and O–H groups in total. The molecule has 0 spiro atoms. The molecule has 0 aliphatic carbocycles. The Kier molecular flexibility index (Phi) is 3.90. The van der Waals surface area contributed by atoms with E-state index in [4.69, 9.17) is 4.74 Å². The van der Waals surface area contributed by atoms with E-state index in [0.29, 0.717) is 16.9 Å². The molecule has 4 nitrogen and oxygen atoms in total. The topological polar surface area (TPSA) is 58.6 Å². The molecule has 1 aromatic carbocycles. The fourth-order valence-electron chi connectivity index (χ4n) is 1.68. The number of hydrogen-bond donors (Lipinski definition) is 2. The third-order valence-electron chi connectivity index (χ3n) is 2.54. The number of ketones is 1. The van der Waals surface area contributed by atoms with Gasteiger partial charge in [0.2, 0.25) is 0 Å². The molecule has 0 saturated heterocycles. The van der Waals surface area contributed by atoms with E-state index < -0.39 is 0 Å². The van der Waals surface area contributed by atoms with Crippen molar-refractivity contribution in [3.8, 4) is 11.5 Å². The number of aromatic hydroxyl groups is 1. The van der Waals surface area contributed by atoms with Crippen LogP contribution in [-0.2, 0) is 0 Å². The number of nitrogens with one attached hydrogen (secondary N) is 1. The Bertz CT molecular complexity index is 413. The van der Waals surface area contributed by atoms with Crippen LogP contribution in [0.3, 0.4) is 0 Å². The average Bonchev–Trinajstić information content (AvgIpc) is 2.24. The highest BCUT2D eigenvalue weighted by Crippen LogP contribution is 2.33. The van der Waals surface area contributed by atoms with Crippen LogP contribution in [0.4, 0.5) is 0 Å².